The highest BCUT2D eigenvalue weighted by atomic mass is 31.1. The SMILES string of the molecule is CCCCCCCCCCCCCCCC(=O)C(O)C([P-]O)[N+](C)(C)C. The molecule has 0 aromatic carbocycles. The van der Waals surface area contributed by atoms with Crippen molar-refractivity contribution in [2.45, 2.75) is 109 Å². The summed E-state index contributed by atoms with van der Waals surface area (Å²) in [4.78, 5) is 21.5. The molecule has 0 saturated heterocycles. The van der Waals surface area contributed by atoms with Crippen LogP contribution in [0, 0.1) is 0 Å². The Labute approximate surface area is 164 Å². The molecule has 0 bridgehead atoms. The van der Waals surface area contributed by atoms with Gasteiger partial charge in [-0.05, 0) is 6.42 Å². The molecule has 0 heterocycles. The first-order chi connectivity index (χ1) is 12.3. The van der Waals surface area contributed by atoms with Crippen LogP contribution in [-0.4, -0.2) is 53.3 Å². The topological polar surface area (TPSA) is 57.5 Å². The average Bonchev–Trinajstić information content (AvgIpc) is 2.58. The van der Waals surface area contributed by atoms with Crippen LogP contribution in [-0.2, 0) is 4.79 Å². The third-order valence-electron chi connectivity index (χ3n) is 5.05. The number of aliphatic hydroxyl groups excluding tert-OH is 1. The Hall–Kier alpha value is -0.0200. The van der Waals surface area contributed by atoms with Crippen molar-refractivity contribution in [1.82, 2.24) is 0 Å². The third kappa shape index (κ3) is 13.2. The van der Waals surface area contributed by atoms with Gasteiger partial charge >= 0.3 is 0 Å². The standard InChI is InChI=1S/C21H44NO3P/c1-5-6-7-8-9-10-11-12-13-14-15-16-17-18-19(23)20(24)21(26-25)22(2,3)4/h20-21,24-25H,5-18H2,1-4H3. The van der Waals surface area contributed by atoms with Crippen LogP contribution >= 0.6 is 8.81 Å². The van der Waals surface area contributed by atoms with Gasteiger partial charge in [-0.15, -0.1) is 0 Å². The summed E-state index contributed by atoms with van der Waals surface area (Å²) in [6, 6.07) is 0. The minimum atomic E-state index is -1.07. The maximum absolute atomic E-state index is 12.1. The van der Waals surface area contributed by atoms with Crippen LogP contribution in [0.3, 0.4) is 0 Å². The summed E-state index contributed by atoms with van der Waals surface area (Å²) in [5.74, 6) is -0.600. The van der Waals surface area contributed by atoms with Gasteiger partial charge in [0.05, 0.1) is 21.1 Å². The molecule has 26 heavy (non-hydrogen) atoms. The summed E-state index contributed by atoms with van der Waals surface area (Å²) >= 11 is 0. The van der Waals surface area contributed by atoms with E-state index in [-0.39, 0.29) is 14.6 Å². The number of likely N-dealkylation sites (N-methyl/N-ethyl adjacent to an activating group) is 1. The third-order valence-corrected chi connectivity index (χ3v) is 6.26. The molecule has 0 aliphatic heterocycles. The number of carbonyl (C=O) groups excluding carboxylic acids is 1. The van der Waals surface area contributed by atoms with Gasteiger partial charge in [-0.2, -0.15) is 0 Å². The Morgan fingerprint density at radius 3 is 1.54 bits per heavy atom. The number of quaternary nitrogens is 1. The fourth-order valence-corrected chi connectivity index (χ4v) is 3.88. The largest absolute Gasteiger partial charge is 0.565 e. The zero-order chi connectivity index (χ0) is 19.8. The van der Waals surface area contributed by atoms with Crippen molar-refractivity contribution < 1.29 is 19.3 Å². The molecule has 0 aromatic rings. The van der Waals surface area contributed by atoms with Crippen molar-refractivity contribution in [3.8, 4) is 0 Å². The van der Waals surface area contributed by atoms with Crippen LogP contribution in [0.2, 0.25) is 0 Å². The molecule has 0 saturated carbocycles. The smallest absolute Gasteiger partial charge is 0.164 e. The summed E-state index contributed by atoms with van der Waals surface area (Å²) in [6.45, 7) is 2.26. The monoisotopic (exact) mass is 389 g/mol. The van der Waals surface area contributed by atoms with E-state index in [2.05, 4.69) is 6.92 Å². The molecule has 4 nitrogen and oxygen atoms in total. The minimum Gasteiger partial charge on any atom is -0.565 e. The summed E-state index contributed by atoms with van der Waals surface area (Å²) in [5, 5.41) is 10.2. The van der Waals surface area contributed by atoms with Crippen LogP contribution in [0.25, 0.3) is 0 Å². The van der Waals surface area contributed by atoms with Gasteiger partial charge in [0.1, 0.15) is 6.10 Å². The fraction of sp³-hybridized carbons (Fsp3) is 0.952. The Balaban J connectivity index is 3.56. The summed E-state index contributed by atoms with van der Waals surface area (Å²) < 4.78 is 0.379. The van der Waals surface area contributed by atoms with Crippen LogP contribution < -0.4 is 0 Å². The van der Waals surface area contributed by atoms with E-state index in [1.54, 1.807) is 0 Å². The predicted molar refractivity (Wildman–Crippen MR) is 112 cm³/mol. The molecule has 0 aliphatic rings. The zero-order valence-electron chi connectivity index (χ0n) is 17.8. The second-order valence-electron chi connectivity index (χ2n) is 8.55. The number of hydrogen-bond donors (Lipinski definition) is 2. The summed E-state index contributed by atoms with van der Waals surface area (Å²) in [7, 11) is 5.73. The van der Waals surface area contributed by atoms with Crippen molar-refractivity contribution >= 4 is 14.6 Å². The summed E-state index contributed by atoms with van der Waals surface area (Å²) in [6.07, 6.45) is 16.0. The molecule has 0 amide bonds. The Kier molecular flexibility index (Phi) is 16.0. The lowest BCUT2D eigenvalue weighted by molar-refractivity contribution is -0.884. The molecule has 156 valence electrons. The van der Waals surface area contributed by atoms with Crippen molar-refractivity contribution in [1.29, 1.82) is 0 Å². The highest BCUT2D eigenvalue weighted by Gasteiger charge is 2.28. The molecule has 0 aromatic heterocycles. The van der Waals surface area contributed by atoms with E-state index in [1.165, 1.54) is 70.6 Å². The molecular weight excluding hydrogens is 345 g/mol. The Morgan fingerprint density at radius 1 is 0.808 bits per heavy atom. The number of unbranched alkanes of at least 4 members (excludes halogenated alkanes) is 12. The number of ketones is 1. The van der Waals surface area contributed by atoms with Crippen molar-refractivity contribution in [3.63, 3.8) is 0 Å². The second kappa shape index (κ2) is 16.0. The average molecular weight is 390 g/mol. The van der Waals surface area contributed by atoms with Crippen molar-refractivity contribution in [3.05, 3.63) is 0 Å². The normalized spacial score (nSPS) is 14.8. The van der Waals surface area contributed by atoms with E-state index in [0.717, 1.165) is 12.8 Å². The van der Waals surface area contributed by atoms with Crippen molar-refractivity contribution in [2.75, 3.05) is 21.1 Å². The molecule has 0 fully saturated rings. The first-order valence-corrected chi connectivity index (χ1v) is 11.6. The van der Waals surface area contributed by atoms with E-state index in [4.69, 9.17) is 0 Å². The molecule has 2 atom stereocenters. The number of carbonyl (C=O) groups is 1. The second-order valence-corrected chi connectivity index (χ2v) is 9.31. The van der Waals surface area contributed by atoms with Crippen LogP contribution in [0.5, 0.6) is 0 Å². The van der Waals surface area contributed by atoms with E-state index in [0.29, 0.717) is 10.9 Å². The van der Waals surface area contributed by atoms with E-state index >= 15 is 0 Å². The van der Waals surface area contributed by atoms with Gasteiger partial charge in [-0.1, -0.05) is 84.0 Å². The maximum Gasteiger partial charge on any atom is 0.164 e. The lowest BCUT2D eigenvalue weighted by Crippen LogP contribution is -2.51. The number of hydrogen-bond acceptors (Lipinski definition) is 3. The quantitative estimate of drug-likeness (QED) is 0.190. The van der Waals surface area contributed by atoms with E-state index in [9.17, 15) is 14.8 Å². The highest BCUT2D eigenvalue weighted by molar-refractivity contribution is 7.31. The molecular formula is C21H44NO3P. The van der Waals surface area contributed by atoms with Crippen molar-refractivity contribution in [2.24, 2.45) is 0 Å². The number of nitrogens with zero attached hydrogens (tertiary/aromatic N) is 1. The van der Waals surface area contributed by atoms with Gasteiger partial charge in [0.15, 0.2) is 5.78 Å². The summed E-state index contributed by atoms with van der Waals surface area (Å²) in [5.41, 5.74) is 0. The zero-order valence-corrected chi connectivity index (χ0v) is 18.6. The minimum absolute atomic E-state index is 0.0778. The van der Waals surface area contributed by atoms with Gasteiger partial charge in [0.2, 0.25) is 0 Å². The molecule has 0 spiro atoms. The Morgan fingerprint density at radius 2 is 1.19 bits per heavy atom. The predicted octanol–water partition coefficient (Wildman–Crippen LogP) is 5.28. The molecule has 2 N–H and O–H groups in total. The highest BCUT2D eigenvalue weighted by Crippen LogP contribution is 2.25. The lowest BCUT2D eigenvalue weighted by atomic mass is 10.0. The van der Waals surface area contributed by atoms with E-state index in [1.807, 2.05) is 21.1 Å². The van der Waals surface area contributed by atoms with Gasteiger partial charge < -0.3 is 23.3 Å². The number of aliphatic hydroxyl groups is 1. The Bertz CT molecular complexity index is 345. The van der Waals surface area contributed by atoms with Gasteiger partial charge in [0.25, 0.3) is 0 Å². The van der Waals surface area contributed by atoms with Crippen LogP contribution in [0.4, 0.5) is 0 Å². The van der Waals surface area contributed by atoms with Gasteiger partial charge in [-0.3, -0.25) is 4.79 Å². The van der Waals surface area contributed by atoms with E-state index < -0.39 is 11.9 Å². The number of Topliss-reactive ketones (excluding diaryl/α,β-unsaturated/α-hetero) is 1. The number of rotatable bonds is 18. The fourth-order valence-electron chi connectivity index (χ4n) is 3.27. The first kappa shape index (κ1) is 26.0. The van der Waals surface area contributed by atoms with Gasteiger partial charge in [-0.25, -0.2) is 0 Å². The molecule has 0 aliphatic carbocycles. The molecule has 0 radical (unpaired) electrons. The van der Waals surface area contributed by atoms with Crippen LogP contribution in [0.1, 0.15) is 96.8 Å². The maximum atomic E-state index is 12.1. The molecule has 2 unspecified atom stereocenters. The van der Waals surface area contributed by atoms with Crippen LogP contribution in [0.15, 0.2) is 0 Å². The van der Waals surface area contributed by atoms with Gasteiger partial charge in [0, 0.05) is 12.2 Å². The first-order valence-electron chi connectivity index (χ1n) is 10.7. The molecule has 0 rings (SSSR count). The lowest BCUT2D eigenvalue weighted by Gasteiger charge is -2.42. The molecule has 5 heteroatoms.